The average Bonchev–Trinajstić information content (AvgIpc) is 2.66. The molecule has 3 nitrogen and oxygen atoms in total. The molecule has 2 atom stereocenters. The molecule has 1 amide bonds. The lowest BCUT2D eigenvalue weighted by Gasteiger charge is -2.25. The summed E-state index contributed by atoms with van der Waals surface area (Å²) in [5, 5.41) is 3.18. The normalized spacial score (nSPS) is 22.4. The third kappa shape index (κ3) is 3.78. The fourth-order valence-corrected chi connectivity index (χ4v) is 2.62. The number of hydrogen-bond donors (Lipinski definition) is 1. The van der Waals surface area contributed by atoms with Gasteiger partial charge in [-0.05, 0) is 25.8 Å². The fourth-order valence-electron chi connectivity index (χ4n) is 2.62. The third-order valence-electron chi connectivity index (χ3n) is 3.44. The molecule has 0 aromatic heterocycles. The van der Waals surface area contributed by atoms with Gasteiger partial charge in [0.25, 0.3) is 0 Å². The van der Waals surface area contributed by atoms with Gasteiger partial charge in [0.05, 0.1) is 0 Å². The van der Waals surface area contributed by atoms with E-state index in [2.05, 4.69) is 24.1 Å². The standard InChI is InChI=1S/C13H26N2O/c1-4-6-11(2)9-13(16)15-8-5-7-12(15)10-14-3/h11-12,14H,4-10H2,1-3H3. The highest BCUT2D eigenvalue weighted by atomic mass is 16.2. The highest BCUT2D eigenvalue weighted by Gasteiger charge is 2.28. The molecule has 1 heterocycles. The van der Waals surface area contributed by atoms with Gasteiger partial charge in [-0.1, -0.05) is 26.7 Å². The van der Waals surface area contributed by atoms with Gasteiger partial charge in [0.1, 0.15) is 0 Å². The molecule has 1 rings (SSSR count). The molecule has 0 aromatic rings. The zero-order chi connectivity index (χ0) is 12.0. The molecule has 0 saturated carbocycles. The van der Waals surface area contributed by atoms with Crippen LogP contribution in [0.3, 0.4) is 0 Å². The first-order chi connectivity index (χ1) is 7.69. The van der Waals surface area contributed by atoms with Crippen molar-refractivity contribution in [2.24, 2.45) is 5.92 Å². The van der Waals surface area contributed by atoms with Crippen LogP contribution in [0.2, 0.25) is 0 Å². The van der Waals surface area contributed by atoms with Crippen molar-refractivity contribution in [3.8, 4) is 0 Å². The molecule has 1 saturated heterocycles. The first-order valence-corrected chi connectivity index (χ1v) is 6.63. The van der Waals surface area contributed by atoms with Gasteiger partial charge in [0.2, 0.25) is 5.91 Å². The SMILES string of the molecule is CCCC(C)CC(=O)N1CCCC1CNC. The number of carbonyl (C=O) groups excluding carboxylic acids is 1. The molecule has 2 unspecified atom stereocenters. The lowest BCUT2D eigenvalue weighted by atomic mass is 10.0. The molecule has 94 valence electrons. The Balaban J connectivity index is 2.40. The van der Waals surface area contributed by atoms with Crippen molar-refractivity contribution in [1.29, 1.82) is 0 Å². The molecule has 1 N–H and O–H groups in total. The Kier molecular flexibility index (Phi) is 5.81. The highest BCUT2D eigenvalue weighted by Crippen LogP contribution is 2.20. The van der Waals surface area contributed by atoms with Crippen LogP contribution in [0.5, 0.6) is 0 Å². The van der Waals surface area contributed by atoms with E-state index in [9.17, 15) is 4.79 Å². The monoisotopic (exact) mass is 226 g/mol. The van der Waals surface area contributed by atoms with Crippen LogP contribution >= 0.6 is 0 Å². The van der Waals surface area contributed by atoms with Crippen molar-refractivity contribution in [3.63, 3.8) is 0 Å². The summed E-state index contributed by atoms with van der Waals surface area (Å²) >= 11 is 0. The number of rotatable bonds is 6. The average molecular weight is 226 g/mol. The minimum absolute atomic E-state index is 0.360. The number of likely N-dealkylation sites (N-methyl/N-ethyl adjacent to an activating group) is 1. The van der Waals surface area contributed by atoms with Crippen molar-refractivity contribution < 1.29 is 4.79 Å². The smallest absolute Gasteiger partial charge is 0.223 e. The first-order valence-electron chi connectivity index (χ1n) is 6.63. The van der Waals surface area contributed by atoms with Gasteiger partial charge in [0, 0.05) is 25.6 Å². The molecule has 1 fully saturated rings. The second-order valence-electron chi connectivity index (χ2n) is 5.04. The first kappa shape index (κ1) is 13.5. The van der Waals surface area contributed by atoms with Crippen molar-refractivity contribution in [1.82, 2.24) is 10.2 Å². The van der Waals surface area contributed by atoms with Crippen molar-refractivity contribution in [2.75, 3.05) is 20.1 Å². The van der Waals surface area contributed by atoms with E-state index in [-0.39, 0.29) is 0 Å². The molecule has 1 aliphatic rings. The third-order valence-corrected chi connectivity index (χ3v) is 3.44. The molecule has 0 bridgehead atoms. The molecular formula is C13H26N2O. The molecule has 0 aliphatic carbocycles. The zero-order valence-corrected chi connectivity index (χ0v) is 11.0. The number of hydrogen-bond acceptors (Lipinski definition) is 2. The van der Waals surface area contributed by atoms with E-state index < -0.39 is 0 Å². The molecule has 0 radical (unpaired) electrons. The topological polar surface area (TPSA) is 32.3 Å². The second-order valence-corrected chi connectivity index (χ2v) is 5.04. The minimum Gasteiger partial charge on any atom is -0.338 e. The Hall–Kier alpha value is -0.570. The highest BCUT2D eigenvalue weighted by molar-refractivity contribution is 5.77. The quantitative estimate of drug-likeness (QED) is 0.751. The summed E-state index contributed by atoms with van der Waals surface area (Å²) in [5.41, 5.74) is 0. The maximum atomic E-state index is 12.1. The molecular weight excluding hydrogens is 200 g/mol. The Bertz CT molecular complexity index is 218. The lowest BCUT2D eigenvalue weighted by molar-refractivity contribution is -0.132. The van der Waals surface area contributed by atoms with Crippen LogP contribution in [-0.2, 0) is 4.79 Å². The Morgan fingerprint density at radius 1 is 1.56 bits per heavy atom. The number of likely N-dealkylation sites (tertiary alicyclic amines) is 1. The molecule has 16 heavy (non-hydrogen) atoms. The summed E-state index contributed by atoms with van der Waals surface area (Å²) in [6, 6.07) is 0.436. The van der Waals surface area contributed by atoms with Crippen LogP contribution in [0.25, 0.3) is 0 Å². The van der Waals surface area contributed by atoms with E-state index in [1.807, 2.05) is 7.05 Å². The maximum Gasteiger partial charge on any atom is 0.223 e. The van der Waals surface area contributed by atoms with Gasteiger partial charge in [-0.15, -0.1) is 0 Å². The number of amides is 1. The van der Waals surface area contributed by atoms with Crippen LogP contribution < -0.4 is 5.32 Å². The Morgan fingerprint density at radius 2 is 2.31 bits per heavy atom. The Morgan fingerprint density at radius 3 is 2.94 bits per heavy atom. The number of carbonyl (C=O) groups is 1. The van der Waals surface area contributed by atoms with Gasteiger partial charge < -0.3 is 10.2 Å². The van der Waals surface area contributed by atoms with Gasteiger partial charge >= 0.3 is 0 Å². The van der Waals surface area contributed by atoms with Crippen molar-refractivity contribution in [3.05, 3.63) is 0 Å². The van der Waals surface area contributed by atoms with E-state index in [4.69, 9.17) is 0 Å². The van der Waals surface area contributed by atoms with Gasteiger partial charge in [-0.25, -0.2) is 0 Å². The van der Waals surface area contributed by atoms with Crippen LogP contribution in [0, 0.1) is 5.92 Å². The van der Waals surface area contributed by atoms with E-state index in [1.54, 1.807) is 0 Å². The summed E-state index contributed by atoms with van der Waals surface area (Å²) in [4.78, 5) is 14.2. The van der Waals surface area contributed by atoms with Gasteiger partial charge in [-0.2, -0.15) is 0 Å². The summed E-state index contributed by atoms with van der Waals surface area (Å²) in [5.74, 6) is 0.895. The van der Waals surface area contributed by atoms with Crippen molar-refractivity contribution >= 4 is 5.91 Å². The summed E-state index contributed by atoms with van der Waals surface area (Å²) < 4.78 is 0. The van der Waals surface area contributed by atoms with E-state index in [0.29, 0.717) is 17.9 Å². The number of nitrogens with zero attached hydrogens (tertiary/aromatic N) is 1. The van der Waals surface area contributed by atoms with E-state index in [1.165, 1.54) is 12.8 Å². The summed E-state index contributed by atoms with van der Waals surface area (Å²) in [7, 11) is 1.96. The van der Waals surface area contributed by atoms with E-state index >= 15 is 0 Å². The van der Waals surface area contributed by atoms with Crippen LogP contribution in [0.15, 0.2) is 0 Å². The molecule has 0 spiro atoms. The zero-order valence-electron chi connectivity index (χ0n) is 11.0. The lowest BCUT2D eigenvalue weighted by Crippen LogP contribution is -2.41. The van der Waals surface area contributed by atoms with Crippen LogP contribution in [0.4, 0.5) is 0 Å². The predicted octanol–water partition coefficient (Wildman–Crippen LogP) is 2.02. The predicted molar refractivity (Wildman–Crippen MR) is 67.4 cm³/mol. The van der Waals surface area contributed by atoms with Gasteiger partial charge in [-0.3, -0.25) is 4.79 Å². The minimum atomic E-state index is 0.360. The molecule has 1 aliphatic heterocycles. The molecule has 3 heteroatoms. The Labute approximate surface area is 99.6 Å². The fraction of sp³-hybridized carbons (Fsp3) is 0.923. The van der Waals surface area contributed by atoms with E-state index in [0.717, 1.165) is 32.4 Å². The summed E-state index contributed by atoms with van der Waals surface area (Å²) in [6.07, 6.45) is 5.40. The van der Waals surface area contributed by atoms with Gasteiger partial charge in [0.15, 0.2) is 0 Å². The largest absolute Gasteiger partial charge is 0.338 e. The van der Waals surface area contributed by atoms with Crippen LogP contribution in [-0.4, -0.2) is 37.0 Å². The second kappa shape index (κ2) is 6.89. The van der Waals surface area contributed by atoms with Crippen molar-refractivity contribution in [2.45, 2.75) is 52.0 Å². The molecule has 0 aromatic carbocycles. The summed E-state index contributed by atoms with van der Waals surface area (Å²) in [6.45, 7) is 6.27. The maximum absolute atomic E-state index is 12.1. The number of nitrogens with one attached hydrogen (secondary N) is 1. The van der Waals surface area contributed by atoms with Crippen LogP contribution in [0.1, 0.15) is 46.0 Å².